The molecule has 0 bridgehead atoms. The van der Waals surface area contributed by atoms with Crippen molar-refractivity contribution in [1.82, 2.24) is 14.9 Å². The van der Waals surface area contributed by atoms with Gasteiger partial charge >= 0.3 is 6.18 Å². The largest absolute Gasteiger partial charge is 0.497 e. The zero-order valence-electron chi connectivity index (χ0n) is 27.2. The lowest BCUT2D eigenvalue weighted by Crippen LogP contribution is -2.44. The first-order chi connectivity index (χ1) is 23.4. The fourth-order valence-corrected chi connectivity index (χ4v) is 8.28. The molecule has 3 atom stereocenters. The molecule has 3 aromatic carbocycles. The zero-order valence-corrected chi connectivity index (χ0v) is 28.0. The van der Waals surface area contributed by atoms with Gasteiger partial charge in [-0.15, -0.1) is 0 Å². The lowest BCUT2D eigenvalue weighted by atomic mass is 9.83. The highest BCUT2D eigenvalue weighted by Gasteiger charge is 2.38. The molecule has 0 radical (unpaired) electrons. The van der Waals surface area contributed by atoms with Crippen LogP contribution in [0.5, 0.6) is 17.2 Å². The van der Waals surface area contributed by atoms with Crippen LogP contribution >= 0.6 is 0 Å². The number of sulfonamides is 1. The van der Waals surface area contributed by atoms with Crippen molar-refractivity contribution in [2.75, 3.05) is 31.7 Å². The maximum atomic E-state index is 16.1. The third-order valence-corrected chi connectivity index (χ3v) is 11.0. The SMILES string of the molecule is COc1ccc(CN(c2ccncn2)S(=O)(=O)c2cc3c(cc2F)[C@@H](N2CC[C@@H](c4cccc(C(F)(F)F)c4)C[C@H]2C)CCO3)c(OC)c1. The van der Waals surface area contributed by atoms with Crippen LogP contribution in [0.3, 0.4) is 0 Å². The molecule has 0 unspecified atom stereocenters. The fourth-order valence-electron chi connectivity index (χ4n) is 6.81. The first-order valence-electron chi connectivity index (χ1n) is 15.8. The molecule has 2 aliphatic rings. The molecule has 1 fully saturated rings. The summed E-state index contributed by atoms with van der Waals surface area (Å²) in [5.74, 6) is 0.167. The van der Waals surface area contributed by atoms with Crippen molar-refractivity contribution in [3.05, 3.63) is 101 Å². The van der Waals surface area contributed by atoms with E-state index >= 15 is 4.39 Å². The number of anilines is 1. The molecule has 0 spiro atoms. The van der Waals surface area contributed by atoms with Crippen molar-refractivity contribution < 1.29 is 40.2 Å². The van der Waals surface area contributed by atoms with Gasteiger partial charge in [0, 0.05) is 54.0 Å². The maximum absolute atomic E-state index is 16.1. The van der Waals surface area contributed by atoms with E-state index in [0.717, 1.165) is 10.4 Å². The minimum Gasteiger partial charge on any atom is -0.497 e. The summed E-state index contributed by atoms with van der Waals surface area (Å²) in [4.78, 5) is 9.69. The van der Waals surface area contributed by atoms with Crippen molar-refractivity contribution in [2.45, 2.75) is 61.8 Å². The molecule has 4 aromatic rings. The first-order valence-corrected chi connectivity index (χ1v) is 17.2. The van der Waals surface area contributed by atoms with Gasteiger partial charge in [-0.1, -0.05) is 18.2 Å². The number of methoxy groups -OCH3 is 2. The lowest BCUT2D eigenvalue weighted by molar-refractivity contribution is -0.137. The second-order valence-electron chi connectivity index (χ2n) is 12.2. The fraction of sp³-hybridized carbons (Fsp3) is 0.371. The van der Waals surface area contributed by atoms with Gasteiger partial charge in [0.25, 0.3) is 10.0 Å². The highest BCUT2D eigenvalue weighted by Crippen LogP contribution is 2.44. The summed E-state index contributed by atoms with van der Waals surface area (Å²) in [5, 5.41) is 0. The van der Waals surface area contributed by atoms with Gasteiger partial charge in [-0.05, 0) is 62.1 Å². The Morgan fingerprint density at radius 1 is 1.04 bits per heavy atom. The van der Waals surface area contributed by atoms with Crippen LogP contribution in [0.2, 0.25) is 0 Å². The molecular formula is C35H36F4N4O5S. The second kappa shape index (κ2) is 13.8. The van der Waals surface area contributed by atoms with Crippen molar-refractivity contribution in [3.8, 4) is 17.2 Å². The predicted molar refractivity (Wildman–Crippen MR) is 174 cm³/mol. The number of aromatic nitrogens is 2. The van der Waals surface area contributed by atoms with E-state index < -0.39 is 32.5 Å². The van der Waals surface area contributed by atoms with E-state index in [2.05, 4.69) is 14.9 Å². The van der Waals surface area contributed by atoms with Crippen LogP contribution in [0.4, 0.5) is 23.4 Å². The molecule has 1 aromatic heterocycles. The molecule has 0 aliphatic carbocycles. The van der Waals surface area contributed by atoms with Crippen molar-refractivity contribution in [1.29, 1.82) is 0 Å². The topological polar surface area (TPSA) is 94.1 Å². The quantitative estimate of drug-likeness (QED) is 0.170. The van der Waals surface area contributed by atoms with Gasteiger partial charge in [0.05, 0.1) is 32.9 Å². The van der Waals surface area contributed by atoms with Gasteiger partial charge in [-0.2, -0.15) is 13.2 Å². The molecule has 49 heavy (non-hydrogen) atoms. The number of rotatable bonds is 9. The molecule has 0 N–H and O–H groups in total. The molecule has 0 amide bonds. The Morgan fingerprint density at radius 2 is 1.86 bits per heavy atom. The average molecular weight is 701 g/mol. The molecule has 3 heterocycles. The number of ether oxygens (including phenoxy) is 3. The molecule has 6 rings (SSSR count). The monoisotopic (exact) mass is 700 g/mol. The number of benzene rings is 3. The van der Waals surface area contributed by atoms with E-state index in [-0.39, 0.29) is 42.7 Å². The Labute approximate surface area is 282 Å². The number of likely N-dealkylation sites (tertiary alicyclic amines) is 1. The Kier molecular flexibility index (Phi) is 9.72. The summed E-state index contributed by atoms with van der Waals surface area (Å²) >= 11 is 0. The average Bonchev–Trinajstić information content (AvgIpc) is 3.10. The Balaban J connectivity index is 1.29. The van der Waals surface area contributed by atoms with Crippen LogP contribution < -0.4 is 18.5 Å². The Bertz CT molecular complexity index is 1910. The zero-order chi connectivity index (χ0) is 34.9. The van der Waals surface area contributed by atoms with E-state index in [1.165, 1.54) is 57.1 Å². The van der Waals surface area contributed by atoms with Crippen molar-refractivity contribution in [2.24, 2.45) is 0 Å². The number of piperidine rings is 1. The maximum Gasteiger partial charge on any atom is 0.416 e. The Morgan fingerprint density at radius 3 is 2.55 bits per heavy atom. The number of alkyl halides is 3. The molecule has 9 nitrogen and oxygen atoms in total. The van der Waals surface area contributed by atoms with Gasteiger partial charge < -0.3 is 14.2 Å². The third-order valence-electron chi connectivity index (χ3n) is 9.28. The Hall–Kier alpha value is -4.43. The molecule has 14 heteroatoms. The predicted octanol–water partition coefficient (Wildman–Crippen LogP) is 7.14. The number of hydrogen-bond donors (Lipinski definition) is 0. The number of nitrogens with zero attached hydrogens (tertiary/aromatic N) is 4. The minimum absolute atomic E-state index is 0.0289. The third kappa shape index (κ3) is 7.02. The smallest absolute Gasteiger partial charge is 0.416 e. The van der Waals surface area contributed by atoms with Gasteiger partial charge in [-0.25, -0.2) is 27.1 Å². The summed E-state index contributed by atoms with van der Waals surface area (Å²) < 4.78 is 103. The van der Waals surface area contributed by atoms with E-state index in [1.54, 1.807) is 24.3 Å². The molecular weight excluding hydrogens is 664 g/mol. The van der Waals surface area contributed by atoms with Gasteiger partial charge in [-0.3, -0.25) is 4.90 Å². The van der Waals surface area contributed by atoms with Crippen LogP contribution in [0, 0.1) is 5.82 Å². The van der Waals surface area contributed by atoms with Crippen molar-refractivity contribution >= 4 is 15.8 Å². The van der Waals surface area contributed by atoms with E-state index in [4.69, 9.17) is 14.2 Å². The van der Waals surface area contributed by atoms with Crippen LogP contribution in [0.1, 0.15) is 60.4 Å². The van der Waals surface area contributed by atoms with Crippen LogP contribution in [-0.4, -0.2) is 56.7 Å². The second-order valence-corrected chi connectivity index (χ2v) is 14.0. The van der Waals surface area contributed by atoms with Crippen LogP contribution in [-0.2, 0) is 22.7 Å². The van der Waals surface area contributed by atoms with Crippen LogP contribution in [0.25, 0.3) is 0 Å². The van der Waals surface area contributed by atoms with Gasteiger partial charge in [0.2, 0.25) is 0 Å². The number of halogens is 4. The minimum atomic E-state index is -4.55. The summed E-state index contributed by atoms with van der Waals surface area (Å²) in [6.45, 7) is 2.63. The highest BCUT2D eigenvalue weighted by molar-refractivity contribution is 7.92. The summed E-state index contributed by atoms with van der Waals surface area (Å²) in [6, 6.07) is 14.0. The molecule has 0 saturated carbocycles. The number of hydrogen-bond acceptors (Lipinski definition) is 8. The highest BCUT2D eigenvalue weighted by atomic mass is 32.2. The molecule has 1 saturated heterocycles. The molecule has 2 aliphatic heterocycles. The van der Waals surface area contributed by atoms with Crippen LogP contribution in [0.15, 0.2) is 78.1 Å². The van der Waals surface area contributed by atoms with Gasteiger partial charge in [0.15, 0.2) is 0 Å². The van der Waals surface area contributed by atoms with E-state index in [0.29, 0.717) is 54.0 Å². The first kappa shape index (κ1) is 34.4. The van der Waals surface area contributed by atoms with Crippen molar-refractivity contribution in [3.63, 3.8) is 0 Å². The van der Waals surface area contributed by atoms with Gasteiger partial charge in [0.1, 0.15) is 40.1 Å². The summed E-state index contributed by atoms with van der Waals surface area (Å²) in [6.07, 6.45) is -0.0379. The summed E-state index contributed by atoms with van der Waals surface area (Å²) in [7, 11) is -1.60. The molecule has 260 valence electrons. The standard InChI is InChI=1S/C35H36F4N4O5S/c1-22-15-24(23-5-4-6-26(16-23)35(37,38)39)10-13-42(22)30-11-14-48-32-19-33(29(36)18-28(30)32)49(44,45)43(34-9-12-40-21-41-34)20-25-7-8-27(46-2)17-31(25)47-3/h4-9,12,16-19,21-22,24,30H,10-11,13-15,20H2,1-3H3/t22-,24-,30+/m1/s1. The lowest BCUT2D eigenvalue weighted by Gasteiger charge is -2.44. The summed E-state index contributed by atoms with van der Waals surface area (Å²) in [5.41, 5.74) is 0.997. The van der Waals surface area contributed by atoms with E-state index in [9.17, 15) is 21.6 Å². The normalized spacial score (nSPS) is 19.9. The van der Waals surface area contributed by atoms with E-state index in [1.807, 2.05) is 6.92 Å². The number of fused-ring (bicyclic) bond motifs is 1.